The summed E-state index contributed by atoms with van der Waals surface area (Å²) < 4.78 is 5.39. The van der Waals surface area contributed by atoms with Crippen LogP contribution in [0.25, 0.3) is 0 Å². The Balaban J connectivity index is 1.66. The third kappa shape index (κ3) is 3.71. The number of amides is 2. The van der Waals surface area contributed by atoms with Gasteiger partial charge in [-0.3, -0.25) is 9.59 Å². The molecule has 0 bridgehead atoms. The van der Waals surface area contributed by atoms with Gasteiger partial charge in [-0.1, -0.05) is 0 Å². The van der Waals surface area contributed by atoms with Gasteiger partial charge in [-0.15, -0.1) is 0 Å². The maximum Gasteiger partial charge on any atom is 0.276 e. The van der Waals surface area contributed by atoms with E-state index in [1.54, 1.807) is 13.8 Å². The molecular weight excluding hydrogens is 322 g/mol. The second-order valence-corrected chi connectivity index (χ2v) is 7.06. The third-order valence-corrected chi connectivity index (χ3v) is 5.34. The van der Waals surface area contributed by atoms with E-state index in [2.05, 4.69) is 4.98 Å². The lowest BCUT2D eigenvalue weighted by Crippen LogP contribution is -2.57. The van der Waals surface area contributed by atoms with E-state index in [1.165, 1.54) is 0 Å². The number of unbranched alkanes of at least 4 members (excludes halogenated alkanes) is 1. The number of oxazole rings is 1. The Morgan fingerprint density at radius 3 is 2.80 bits per heavy atom. The molecule has 3 heterocycles. The van der Waals surface area contributed by atoms with Crippen LogP contribution in [0.5, 0.6) is 0 Å². The number of rotatable bonds is 5. The quantitative estimate of drug-likeness (QED) is 0.815. The van der Waals surface area contributed by atoms with Crippen LogP contribution in [-0.4, -0.2) is 64.0 Å². The standard InChI is InChI=1S/C18H27N3O4/c1-12-17(19-13(2)25-12)18(24)20-9-7-15-14(11-20)5-6-16(23)21(15)8-3-4-10-22/h14-15,22H,3-11H2,1-2H3. The first kappa shape index (κ1) is 17.9. The lowest BCUT2D eigenvalue weighted by atomic mass is 9.83. The summed E-state index contributed by atoms with van der Waals surface area (Å²) in [5.41, 5.74) is 0.405. The lowest BCUT2D eigenvalue weighted by Gasteiger charge is -2.47. The minimum Gasteiger partial charge on any atom is -0.445 e. The minimum absolute atomic E-state index is 0.0727. The number of aromatic nitrogens is 1. The van der Waals surface area contributed by atoms with E-state index in [4.69, 9.17) is 9.52 Å². The predicted molar refractivity (Wildman–Crippen MR) is 91.0 cm³/mol. The minimum atomic E-state index is -0.0727. The molecule has 1 N–H and O–H groups in total. The summed E-state index contributed by atoms with van der Waals surface area (Å²) >= 11 is 0. The van der Waals surface area contributed by atoms with Crippen molar-refractivity contribution >= 4 is 11.8 Å². The fraction of sp³-hybridized carbons (Fsp3) is 0.722. The van der Waals surface area contributed by atoms with Gasteiger partial charge >= 0.3 is 0 Å². The highest BCUT2D eigenvalue weighted by atomic mass is 16.4. The van der Waals surface area contributed by atoms with Gasteiger partial charge in [0.25, 0.3) is 5.91 Å². The zero-order valence-corrected chi connectivity index (χ0v) is 15.0. The molecule has 7 heteroatoms. The van der Waals surface area contributed by atoms with Gasteiger partial charge in [0.2, 0.25) is 5.91 Å². The third-order valence-electron chi connectivity index (χ3n) is 5.34. The van der Waals surface area contributed by atoms with E-state index in [0.717, 1.165) is 25.7 Å². The van der Waals surface area contributed by atoms with E-state index < -0.39 is 0 Å². The maximum atomic E-state index is 12.8. The molecule has 0 radical (unpaired) electrons. The van der Waals surface area contributed by atoms with Crippen LogP contribution < -0.4 is 0 Å². The molecule has 2 fully saturated rings. The van der Waals surface area contributed by atoms with Crippen LogP contribution >= 0.6 is 0 Å². The van der Waals surface area contributed by atoms with E-state index in [9.17, 15) is 9.59 Å². The van der Waals surface area contributed by atoms with E-state index in [1.807, 2.05) is 9.80 Å². The molecule has 2 unspecified atom stereocenters. The van der Waals surface area contributed by atoms with Gasteiger partial charge in [0, 0.05) is 45.6 Å². The number of hydrogen-bond donors (Lipinski definition) is 1. The number of aryl methyl sites for hydroxylation is 2. The van der Waals surface area contributed by atoms with Crippen molar-refractivity contribution in [2.75, 3.05) is 26.2 Å². The van der Waals surface area contributed by atoms with E-state index in [0.29, 0.717) is 49.3 Å². The number of hydrogen-bond acceptors (Lipinski definition) is 5. The highest BCUT2D eigenvalue weighted by molar-refractivity contribution is 5.93. The van der Waals surface area contributed by atoms with Gasteiger partial charge in [-0.25, -0.2) is 4.98 Å². The number of nitrogens with zero attached hydrogens (tertiary/aromatic N) is 3. The fourth-order valence-electron chi connectivity index (χ4n) is 4.10. The van der Waals surface area contributed by atoms with Crippen molar-refractivity contribution in [1.82, 2.24) is 14.8 Å². The van der Waals surface area contributed by atoms with Crippen LogP contribution in [0.1, 0.15) is 54.2 Å². The molecule has 1 aromatic rings. The predicted octanol–water partition coefficient (Wildman–Crippen LogP) is 1.52. The molecule has 25 heavy (non-hydrogen) atoms. The number of carbonyl (C=O) groups is 2. The molecule has 2 saturated heterocycles. The van der Waals surface area contributed by atoms with Gasteiger partial charge in [-0.2, -0.15) is 0 Å². The Morgan fingerprint density at radius 1 is 1.32 bits per heavy atom. The van der Waals surface area contributed by atoms with Crippen molar-refractivity contribution in [3.63, 3.8) is 0 Å². The zero-order valence-electron chi connectivity index (χ0n) is 15.0. The molecule has 1 aromatic heterocycles. The summed E-state index contributed by atoms with van der Waals surface area (Å²) in [5.74, 6) is 1.53. The largest absolute Gasteiger partial charge is 0.445 e. The average Bonchev–Trinajstić information content (AvgIpc) is 2.94. The molecule has 2 aliphatic heterocycles. The molecule has 2 aliphatic rings. The molecular formula is C18H27N3O4. The highest BCUT2D eigenvalue weighted by Gasteiger charge is 2.40. The van der Waals surface area contributed by atoms with Crippen LogP contribution in [0.2, 0.25) is 0 Å². The van der Waals surface area contributed by atoms with Gasteiger partial charge < -0.3 is 19.3 Å². The number of carbonyl (C=O) groups excluding carboxylic acids is 2. The van der Waals surface area contributed by atoms with E-state index >= 15 is 0 Å². The highest BCUT2D eigenvalue weighted by Crippen LogP contribution is 2.32. The van der Waals surface area contributed by atoms with E-state index in [-0.39, 0.29) is 24.5 Å². The molecule has 0 spiro atoms. The molecule has 3 rings (SSSR count). The summed E-state index contributed by atoms with van der Waals surface area (Å²) in [4.78, 5) is 33.1. The first-order chi connectivity index (χ1) is 12.0. The summed E-state index contributed by atoms with van der Waals surface area (Å²) in [6.45, 7) is 5.67. The summed E-state index contributed by atoms with van der Waals surface area (Å²) in [7, 11) is 0. The van der Waals surface area contributed by atoms with Crippen LogP contribution in [-0.2, 0) is 4.79 Å². The van der Waals surface area contributed by atoms with Gasteiger partial charge in [-0.05, 0) is 38.5 Å². The summed E-state index contributed by atoms with van der Waals surface area (Å²) in [6, 6.07) is 0.212. The first-order valence-corrected chi connectivity index (χ1v) is 9.15. The summed E-state index contributed by atoms with van der Waals surface area (Å²) in [6.07, 6.45) is 3.73. The zero-order chi connectivity index (χ0) is 18.0. The molecule has 7 nitrogen and oxygen atoms in total. The van der Waals surface area contributed by atoms with Crippen LogP contribution in [0.15, 0.2) is 4.42 Å². The van der Waals surface area contributed by atoms with Crippen molar-refractivity contribution in [2.45, 2.75) is 52.0 Å². The Labute approximate surface area is 148 Å². The van der Waals surface area contributed by atoms with Crippen molar-refractivity contribution in [2.24, 2.45) is 5.92 Å². The number of piperidine rings is 2. The molecule has 0 aliphatic carbocycles. The van der Waals surface area contributed by atoms with Gasteiger partial charge in [0.15, 0.2) is 11.6 Å². The topological polar surface area (TPSA) is 86.9 Å². The monoisotopic (exact) mass is 349 g/mol. The van der Waals surface area contributed by atoms with Crippen LogP contribution in [0.3, 0.4) is 0 Å². The van der Waals surface area contributed by atoms with Crippen molar-refractivity contribution in [1.29, 1.82) is 0 Å². The number of aliphatic hydroxyl groups is 1. The van der Waals surface area contributed by atoms with Crippen molar-refractivity contribution < 1.29 is 19.1 Å². The second kappa shape index (κ2) is 7.56. The number of aliphatic hydroxyl groups excluding tert-OH is 1. The lowest BCUT2D eigenvalue weighted by molar-refractivity contribution is -0.140. The second-order valence-electron chi connectivity index (χ2n) is 7.06. The SMILES string of the molecule is Cc1nc(C(=O)N2CCC3C(CCC(=O)N3CCCCO)C2)c(C)o1. The maximum absolute atomic E-state index is 12.8. The van der Waals surface area contributed by atoms with Gasteiger partial charge in [0.1, 0.15) is 5.76 Å². The number of likely N-dealkylation sites (tertiary alicyclic amines) is 2. The van der Waals surface area contributed by atoms with Crippen LogP contribution in [0, 0.1) is 19.8 Å². The van der Waals surface area contributed by atoms with Crippen LogP contribution in [0.4, 0.5) is 0 Å². The number of fused-ring (bicyclic) bond motifs is 1. The Kier molecular flexibility index (Phi) is 5.42. The normalized spacial score (nSPS) is 23.7. The molecule has 2 amide bonds. The Bertz CT molecular complexity index is 642. The first-order valence-electron chi connectivity index (χ1n) is 9.15. The van der Waals surface area contributed by atoms with Crippen molar-refractivity contribution in [3.8, 4) is 0 Å². The molecule has 0 aromatic carbocycles. The Morgan fingerprint density at radius 2 is 2.12 bits per heavy atom. The van der Waals surface area contributed by atoms with Gasteiger partial charge in [0.05, 0.1) is 0 Å². The summed E-state index contributed by atoms with van der Waals surface area (Å²) in [5, 5.41) is 8.96. The average molecular weight is 349 g/mol. The fourth-order valence-corrected chi connectivity index (χ4v) is 4.10. The molecule has 0 saturated carbocycles. The Hall–Kier alpha value is -1.89. The van der Waals surface area contributed by atoms with Crippen molar-refractivity contribution in [3.05, 3.63) is 17.3 Å². The molecule has 2 atom stereocenters. The smallest absolute Gasteiger partial charge is 0.276 e. The molecule has 138 valence electrons.